The SMILES string of the molecule is CN=C(NCC1(c2cccc(C(F)(F)F)c2)CC1)N1CCC(OCCCOC)CC1.I. The third-order valence-electron chi connectivity index (χ3n) is 6.04. The Labute approximate surface area is 199 Å². The van der Waals surface area contributed by atoms with E-state index in [-0.39, 0.29) is 35.5 Å². The topological polar surface area (TPSA) is 46.1 Å². The van der Waals surface area contributed by atoms with Gasteiger partial charge in [0.1, 0.15) is 0 Å². The van der Waals surface area contributed by atoms with Crippen LogP contribution >= 0.6 is 24.0 Å². The van der Waals surface area contributed by atoms with Crippen LogP contribution in [-0.2, 0) is 21.1 Å². The summed E-state index contributed by atoms with van der Waals surface area (Å²) in [5.41, 5.74) is -0.0633. The second-order valence-corrected chi connectivity index (χ2v) is 8.16. The number of ether oxygens (including phenoxy) is 2. The van der Waals surface area contributed by atoms with Crippen LogP contribution < -0.4 is 5.32 Å². The molecular weight excluding hydrogens is 522 g/mol. The molecule has 0 amide bonds. The summed E-state index contributed by atoms with van der Waals surface area (Å²) in [7, 11) is 3.44. The van der Waals surface area contributed by atoms with Gasteiger partial charge in [-0.2, -0.15) is 13.2 Å². The fourth-order valence-corrected chi connectivity index (χ4v) is 4.01. The predicted molar refractivity (Wildman–Crippen MR) is 126 cm³/mol. The molecule has 176 valence electrons. The molecule has 3 rings (SSSR count). The first-order chi connectivity index (χ1) is 14.4. The highest BCUT2D eigenvalue weighted by molar-refractivity contribution is 14.0. The third kappa shape index (κ3) is 7.21. The number of nitrogens with one attached hydrogen (secondary N) is 1. The maximum Gasteiger partial charge on any atom is 0.416 e. The first-order valence-corrected chi connectivity index (χ1v) is 10.6. The molecule has 1 heterocycles. The maximum atomic E-state index is 13.1. The first-order valence-electron chi connectivity index (χ1n) is 10.6. The molecule has 0 atom stereocenters. The second-order valence-electron chi connectivity index (χ2n) is 8.16. The molecule has 2 fully saturated rings. The molecule has 5 nitrogen and oxygen atoms in total. The molecule has 1 aromatic rings. The highest BCUT2D eigenvalue weighted by Crippen LogP contribution is 2.48. The Morgan fingerprint density at radius 1 is 1.23 bits per heavy atom. The van der Waals surface area contributed by atoms with Gasteiger partial charge in [-0.1, -0.05) is 18.2 Å². The standard InChI is InChI=1S/C22H32F3N3O2.HI/c1-26-20(28-11-7-19(8-12-28)30-14-4-13-29-2)27-16-21(9-10-21)17-5-3-6-18(15-17)22(23,24)25;/h3,5-6,15,19H,4,7-14,16H2,1-2H3,(H,26,27);1H. The van der Waals surface area contributed by atoms with Gasteiger partial charge < -0.3 is 19.7 Å². The molecule has 0 radical (unpaired) electrons. The summed E-state index contributed by atoms with van der Waals surface area (Å²) in [5, 5.41) is 3.41. The molecule has 1 aliphatic carbocycles. The van der Waals surface area contributed by atoms with Crippen LogP contribution in [-0.4, -0.2) is 64.0 Å². The molecule has 31 heavy (non-hydrogen) atoms. The fourth-order valence-electron chi connectivity index (χ4n) is 4.01. The van der Waals surface area contributed by atoms with E-state index in [1.165, 1.54) is 12.1 Å². The van der Waals surface area contributed by atoms with Crippen LogP contribution in [0.2, 0.25) is 0 Å². The van der Waals surface area contributed by atoms with Crippen LogP contribution in [0.25, 0.3) is 0 Å². The Balaban J connectivity index is 0.00000341. The molecule has 2 aliphatic rings. The lowest BCUT2D eigenvalue weighted by Crippen LogP contribution is -2.48. The molecule has 1 saturated carbocycles. The monoisotopic (exact) mass is 555 g/mol. The van der Waals surface area contributed by atoms with Crippen molar-refractivity contribution in [2.45, 2.75) is 49.8 Å². The molecule has 1 aliphatic heterocycles. The number of rotatable bonds is 8. The summed E-state index contributed by atoms with van der Waals surface area (Å²) in [6, 6.07) is 5.74. The lowest BCUT2D eigenvalue weighted by molar-refractivity contribution is -0.137. The Morgan fingerprint density at radius 2 is 1.94 bits per heavy atom. The van der Waals surface area contributed by atoms with E-state index < -0.39 is 11.7 Å². The number of nitrogens with zero attached hydrogens (tertiary/aromatic N) is 2. The molecule has 9 heteroatoms. The van der Waals surface area contributed by atoms with Crippen LogP contribution in [0.4, 0.5) is 13.2 Å². The zero-order valence-electron chi connectivity index (χ0n) is 18.2. The molecule has 1 aromatic carbocycles. The molecular formula is C22H33F3IN3O2. The molecule has 1 N–H and O–H groups in total. The molecule has 1 saturated heterocycles. The lowest BCUT2D eigenvalue weighted by atomic mass is 9.94. The van der Waals surface area contributed by atoms with Crippen molar-refractivity contribution < 1.29 is 22.6 Å². The number of methoxy groups -OCH3 is 1. The van der Waals surface area contributed by atoms with Gasteiger partial charge in [0.15, 0.2) is 5.96 Å². The highest BCUT2D eigenvalue weighted by Gasteiger charge is 2.45. The van der Waals surface area contributed by atoms with Crippen molar-refractivity contribution >= 4 is 29.9 Å². The number of piperidine rings is 1. The molecule has 0 bridgehead atoms. The summed E-state index contributed by atoms with van der Waals surface area (Å²) in [4.78, 5) is 6.60. The van der Waals surface area contributed by atoms with Crippen LogP contribution in [0.15, 0.2) is 29.3 Å². The number of guanidine groups is 1. The van der Waals surface area contributed by atoms with Gasteiger partial charge in [-0.05, 0) is 43.7 Å². The predicted octanol–water partition coefficient (Wildman–Crippen LogP) is 4.45. The van der Waals surface area contributed by atoms with Crippen LogP contribution in [0, 0.1) is 0 Å². The number of halogens is 4. The third-order valence-corrected chi connectivity index (χ3v) is 6.04. The van der Waals surface area contributed by atoms with Gasteiger partial charge in [0.2, 0.25) is 0 Å². The Morgan fingerprint density at radius 3 is 2.52 bits per heavy atom. The smallest absolute Gasteiger partial charge is 0.385 e. The number of aliphatic imine (C=N–C) groups is 1. The quantitative estimate of drug-likeness (QED) is 0.223. The molecule has 0 aromatic heterocycles. The average molecular weight is 555 g/mol. The van der Waals surface area contributed by atoms with E-state index in [4.69, 9.17) is 9.47 Å². The van der Waals surface area contributed by atoms with Crippen molar-refractivity contribution in [3.05, 3.63) is 35.4 Å². The van der Waals surface area contributed by atoms with E-state index in [9.17, 15) is 13.2 Å². The summed E-state index contributed by atoms with van der Waals surface area (Å²) in [6.07, 6.45) is 0.490. The minimum absolute atomic E-state index is 0. The van der Waals surface area contributed by atoms with Crippen LogP contribution in [0.1, 0.15) is 43.2 Å². The minimum atomic E-state index is -4.31. The fraction of sp³-hybridized carbons (Fsp3) is 0.682. The van der Waals surface area contributed by atoms with Crippen molar-refractivity contribution in [1.82, 2.24) is 10.2 Å². The number of benzene rings is 1. The van der Waals surface area contributed by atoms with Crippen molar-refractivity contribution in [2.24, 2.45) is 4.99 Å². The normalized spacial score (nSPS) is 19.1. The highest BCUT2D eigenvalue weighted by atomic mass is 127. The minimum Gasteiger partial charge on any atom is -0.385 e. The van der Waals surface area contributed by atoms with E-state index in [1.54, 1.807) is 20.2 Å². The van der Waals surface area contributed by atoms with Gasteiger partial charge in [-0.15, -0.1) is 24.0 Å². The zero-order chi connectivity index (χ0) is 21.6. The summed E-state index contributed by atoms with van der Waals surface area (Å²) < 4.78 is 50.2. The zero-order valence-corrected chi connectivity index (χ0v) is 20.5. The Bertz CT molecular complexity index is 718. The summed E-state index contributed by atoms with van der Waals surface area (Å²) >= 11 is 0. The van der Waals surface area contributed by atoms with Gasteiger partial charge in [0.05, 0.1) is 11.7 Å². The van der Waals surface area contributed by atoms with E-state index in [0.717, 1.165) is 62.8 Å². The van der Waals surface area contributed by atoms with Crippen molar-refractivity contribution in [1.29, 1.82) is 0 Å². The van der Waals surface area contributed by atoms with Gasteiger partial charge in [0, 0.05) is 52.4 Å². The second kappa shape index (κ2) is 11.7. The number of hydrogen-bond donors (Lipinski definition) is 1. The number of likely N-dealkylation sites (tertiary alicyclic amines) is 1. The van der Waals surface area contributed by atoms with E-state index in [2.05, 4.69) is 15.2 Å². The van der Waals surface area contributed by atoms with Gasteiger partial charge in [-0.25, -0.2) is 0 Å². The summed E-state index contributed by atoms with van der Waals surface area (Å²) in [5.74, 6) is 0.811. The van der Waals surface area contributed by atoms with E-state index >= 15 is 0 Å². The van der Waals surface area contributed by atoms with Crippen molar-refractivity contribution in [2.75, 3.05) is 47.0 Å². The average Bonchev–Trinajstić information content (AvgIpc) is 3.53. The van der Waals surface area contributed by atoms with Crippen LogP contribution in [0.5, 0.6) is 0 Å². The van der Waals surface area contributed by atoms with Crippen LogP contribution in [0.3, 0.4) is 0 Å². The Kier molecular flexibility index (Phi) is 9.88. The Hall–Kier alpha value is -1.07. The first kappa shape index (κ1) is 26.2. The molecule has 0 unspecified atom stereocenters. The van der Waals surface area contributed by atoms with Gasteiger partial charge in [-0.3, -0.25) is 4.99 Å². The lowest BCUT2D eigenvalue weighted by Gasteiger charge is -2.34. The van der Waals surface area contributed by atoms with E-state index in [0.29, 0.717) is 19.8 Å². The van der Waals surface area contributed by atoms with Gasteiger partial charge in [0.25, 0.3) is 0 Å². The van der Waals surface area contributed by atoms with Crippen molar-refractivity contribution in [3.8, 4) is 0 Å². The summed E-state index contributed by atoms with van der Waals surface area (Å²) in [6.45, 7) is 3.72. The van der Waals surface area contributed by atoms with E-state index in [1.807, 2.05) is 0 Å². The van der Waals surface area contributed by atoms with Crippen molar-refractivity contribution in [3.63, 3.8) is 0 Å². The van der Waals surface area contributed by atoms with Gasteiger partial charge >= 0.3 is 6.18 Å². The number of alkyl halides is 3. The number of hydrogen-bond acceptors (Lipinski definition) is 3. The maximum absolute atomic E-state index is 13.1. The largest absolute Gasteiger partial charge is 0.416 e. The molecule has 0 spiro atoms.